The number of halogens is 3. The number of allylic oxidation sites excluding steroid dienone is 4. The first-order chi connectivity index (χ1) is 23.1. The van der Waals surface area contributed by atoms with Crippen molar-refractivity contribution in [3.8, 4) is 0 Å². The molecule has 4 rings (SSSR count). The number of anilines is 6. The van der Waals surface area contributed by atoms with Crippen LogP contribution in [-0.2, 0) is 20.4 Å². The van der Waals surface area contributed by atoms with Crippen LogP contribution in [0.3, 0.4) is 0 Å². The zero-order chi connectivity index (χ0) is 37.9. The van der Waals surface area contributed by atoms with Crippen molar-refractivity contribution in [1.29, 1.82) is 0 Å². The number of benzene rings is 3. The minimum absolute atomic E-state index is 0. The Morgan fingerprint density at radius 3 is 0.774 bits per heavy atom. The predicted molar refractivity (Wildman–Crippen MR) is 224 cm³/mol. The van der Waals surface area contributed by atoms with Crippen LogP contribution in [0.2, 0.25) is 3.34 Å². The van der Waals surface area contributed by atoms with Crippen LogP contribution in [0.1, 0.15) is 44.4 Å². The summed E-state index contributed by atoms with van der Waals surface area (Å²) < 4.78 is -0.286. The van der Waals surface area contributed by atoms with Crippen molar-refractivity contribution in [3.05, 3.63) is 75.4 Å². The van der Waals surface area contributed by atoms with Crippen LogP contribution < -0.4 is 82.2 Å². The maximum absolute atomic E-state index is 3.21. The molecule has 0 amide bonds. The second-order valence-corrected chi connectivity index (χ2v) is 21.7. The molecule has 3 aromatic carbocycles. The predicted octanol–water partition coefficient (Wildman–Crippen LogP) is -2.58. The molecule has 53 heavy (non-hydrogen) atoms. The van der Waals surface area contributed by atoms with E-state index in [2.05, 4.69) is 219 Å². The number of rotatable bonds is 10. The Kier molecular flexibility index (Phi) is 16.3. The monoisotopic (exact) mass is 832 g/mol. The van der Waals surface area contributed by atoms with Gasteiger partial charge in [0.15, 0.2) is 0 Å². The van der Waals surface area contributed by atoms with Crippen molar-refractivity contribution in [2.75, 3.05) is 114 Å². The molecule has 11 heteroatoms. The molecule has 0 bridgehead atoms. The minimum atomic E-state index is -3.21. The Morgan fingerprint density at radius 1 is 0.377 bits per heavy atom. The van der Waals surface area contributed by atoms with E-state index in [1.807, 2.05) is 0 Å². The molecule has 0 aromatic heterocycles. The standard InChI is InChI=1S/C42H63N6Si.3ClH.Ti/c1-26-20-39(36(46(14)15)23-33(26)43(8)9)49(42-31(6)29(4)30(5)32(42)7,40-21-27(2)34(44(10)11)24-37(40)47(16)17)41-22-28(3)35(45(12)13)25-38(41)48(18)19;;;;/h20-25H,1-19H3;3*1H;/q;;;;+3/p-3. The van der Waals surface area contributed by atoms with E-state index >= 15 is 0 Å². The first-order valence-electron chi connectivity index (χ1n) is 17.7. The molecule has 0 spiro atoms. The molecule has 0 heterocycles. The minimum Gasteiger partial charge on any atom is -1.00 e. The number of nitrogens with zero attached hydrogens (tertiary/aromatic N) is 6. The van der Waals surface area contributed by atoms with Gasteiger partial charge in [-0.2, -0.15) is 0 Å². The van der Waals surface area contributed by atoms with Crippen LogP contribution in [0.25, 0.3) is 0 Å². The van der Waals surface area contributed by atoms with Crippen LogP contribution >= 0.6 is 0 Å². The maximum atomic E-state index is 2.60. The number of hydrogen-bond donors (Lipinski definition) is 0. The molecule has 6 nitrogen and oxygen atoms in total. The van der Waals surface area contributed by atoms with Gasteiger partial charge in [0.25, 0.3) is 0 Å². The van der Waals surface area contributed by atoms with E-state index in [1.54, 1.807) is 0 Å². The van der Waals surface area contributed by atoms with E-state index in [0.29, 0.717) is 0 Å². The molecular weight excluding hydrogens is 771 g/mol. The molecule has 290 valence electrons. The van der Waals surface area contributed by atoms with Gasteiger partial charge in [0.2, 0.25) is 0 Å². The summed E-state index contributed by atoms with van der Waals surface area (Å²) in [5, 5.41) is 4.36. The van der Waals surface area contributed by atoms with E-state index in [0.717, 1.165) is 0 Å². The van der Waals surface area contributed by atoms with Gasteiger partial charge in [-0.05, 0) is 0 Å². The average molecular weight is 834 g/mol. The third kappa shape index (κ3) is 7.78. The molecule has 0 fully saturated rings. The quantitative estimate of drug-likeness (QED) is 0.164. The molecule has 3 aromatic rings. The van der Waals surface area contributed by atoms with Crippen LogP contribution in [0.4, 0.5) is 34.1 Å². The zero-order valence-electron chi connectivity index (χ0n) is 35.8. The van der Waals surface area contributed by atoms with Crippen LogP contribution in [0, 0.1) is 20.8 Å². The summed E-state index contributed by atoms with van der Waals surface area (Å²) in [6.07, 6.45) is 0. The van der Waals surface area contributed by atoms with Crippen molar-refractivity contribution < 1.29 is 57.7 Å². The Labute approximate surface area is 354 Å². The van der Waals surface area contributed by atoms with E-state index in [4.69, 9.17) is 0 Å². The van der Waals surface area contributed by atoms with Crippen molar-refractivity contribution in [1.82, 2.24) is 0 Å². The summed E-state index contributed by atoms with van der Waals surface area (Å²) in [7, 11) is 23.1. The van der Waals surface area contributed by atoms with E-state index in [1.165, 1.54) is 88.7 Å². The van der Waals surface area contributed by atoms with Gasteiger partial charge in [-0.1, -0.05) is 0 Å². The van der Waals surface area contributed by atoms with E-state index in [-0.39, 0.29) is 40.6 Å². The van der Waals surface area contributed by atoms with Gasteiger partial charge in [-0.3, -0.25) is 0 Å². The molecule has 1 aliphatic carbocycles. The maximum Gasteiger partial charge on any atom is -1.00 e. The SMILES string of the molecule is CC1=C(C)[C]([Ti+3])([Si](c2cc(C)c(N(C)C)cc2N(C)C)(c2cc(C)c(N(C)C)cc2N(C)C)c2cc(C)c(N(C)C)cc2N(C)C)C(C)=C1C.[Cl-].[Cl-].[Cl-]. The fourth-order valence-electron chi connectivity index (χ4n) is 8.52. The second-order valence-electron chi connectivity index (χ2n) is 15.8. The van der Waals surface area contributed by atoms with Gasteiger partial charge in [0.05, 0.1) is 0 Å². The largest absolute Gasteiger partial charge is 1.00 e. The first-order valence-corrected chi connectivity index (χ1v) is 20.5. The smallest absolute Gasteiger partial charge is 1.00 e. The molecular formula is C42H63Cl3N6SiTi. The molecule has 0 N–H and O–H groups in total. The Balaban J connectivity index is 0.00000468. The summed E-state index contributed by atoms with van der Waals surface area (Å²) in [6.45, 7) is 16.5. The van der Waals surface area contributed by atoms with Crippen LogP contribution in [-0.4, -0.2) is 92.6 Å². The third-order valence-corrected chi connectivity index (χ3v) is 19.8. The molecule has 0 saturated carbocycles. The normalized spacial score (nSPS) is 13.6. The van der Waals surface area contributed by atoms with E-state index in [9.17, 15) is 0 Å². The molecule has 0 aliphatic heterocycles. The van der Waals surface area contributed by atoms with Gasteiger partial charge in [-0.15, -0.1) is 0 Å². The van der Waals surface area contributed by atoms with Crippen molar-refractivity contribution in [2.45, 2.75) is 51.8 Å². The first kappa shape index (κ1) is 48.8. The van der Waals surface area contributed by atoms with Gasteiger partial charge >= 0.3 is 319 Å². The van der Waals surface area contributed by atoms with Crippen LogP contribution in [0.15, 0.2) is 58.7 Å². The number of aryl methyl sites for hydroxylation is 3. The summed E-state index contributed by atoms with van der Waals surface area (Å²) >= 11 is 2.60. The number of hydrogen-bond acceptors (Lipinski definition) is 6. The molecule has 0 saturated heterocycles. The molecule has 0 radical (unpaired) electrons. The third-order valence-electron chi connectivity index (χ3n) is 11.4. The summed E-state index contributed by atoms with van der Waals surface area (Å²) in [5.74, 6) is 0. The topological polar surface area (TPSA) is 19.4 Å². The summed E-state index contributed by atoms with van der Waals surface area (Å²) in [6, 6.07) is 15.1. The zero-order valence-corrected chi connectivity index (χ0v) is 40.6. The fraction of sp³-hybridized carbons (Fsp3) is 0.476. The second kappa shape index (κ2) is 17.7. The van der Waals surface area contributed by atoms with Crippen LogP contribution in [0.5, 0.6) is 0 Å². The van der Waals surface area contributed by atoms with Crippen molar-refractivity contribution in [2.24, 2.45) is 0 Å². The van der Waals surface area contributed by atoms with Gasteiger partial charge < -0.3 is 37.2 Å². The average Bonchev–Trinajstić information content (AvgIpc) is 3.16. The van der Waals surface area contributed by atoms with Crippen molar-refractivity contribution in [3.63, 3.8) is 0 Å². The molecule has 0 unspecified atom stereocenters. The van der Waals surface area contributed by atoms with Gasteiger partial charge in [0, 0.05) is 0 Å². The Hall–Kier alpha value is -2.26. The van der Waals surface area contributed by atoms with Crippen molar-refractivity contribution >= 4 is 57.8 Å². The summed E-state index contributed by atoms with van der Waals surface area (Å²) in [4.78, 5) is 13.9. The molecule has 0 atom stereocenters. The Morgan fingerprint density at radius 2 is 0.585 bits per heavy atom. The van der Waals surface area contributed by atoms with Gasteiger partial charge in [0.1, 0.15) is 0 Å². The van der Waals surface area contributed by atoms with E-state index < -0.39 is 8.07 Å². The van der Waals surface area contributed by atoms with Gasteiger partial charge in [-0.25, -0.2) is 0 Å². The molecule has 1 aliphatic rings. The Bertz CT molecular complexity index is 1690. The fourth-order valence-corrected chi connectivity index (χ4v) is 17.9. The summed E-state index contributed by atoms with van der Waals surface area (Å²) in [5.41, 5.74) is 17.3.